The van der Waals surface area contributed by atoms with E-state index < -0.39 is 0 Å². The molecule has 0 saturated heterocycles. The maximum atomic E-state index is 13.1. The SMILES string of the molecule is CSc1ccc(C(=O)Nc2ccc(-c3cn4ccccc4n3)cc2)c(Oc2ccncc2)c1. The van der Waals surface area contributed by atoms with Gasteiger partial charge in [-0.05, 0) is 60.9 Å². The first kappa shape index (κ1) is 20.8. The Hall–Kier alpha value is -4.10. The molecule has 5 aromatic rings. The molecule has 3 heterocycles. The van der Waals surface area contributed by atoms with Gasteiger partial charge < -0.3 is 14.5 Å². The smallest absolute Gasteiger partial charge is 0.259 e. The normalized spacial score (nSPS) is 10.8. The number of amides is 1. The van der Waals surface area contributed by atoms with Crippen molar-refractivity contribution in [2.45, 2.75) is 4.90 Å². The Morgan fingerprint density at radius 2 is 1.82 bits per heavy atom. The highest BCUT2D eigenvalue weighted by molar-refractivity contribution is 7.98. The Labute approximate surface area is 195 Å². The summed E-state index contributed by atoms with van der Waals surface area (Å²) in [7, 11) is 0. The highest BCUT2D eigenvalue weighted by Gasteiger charge is 2.15. The van der Waals surface area contributed by atoms with Crippen LogP contribution < -0.4 is 10.1 Å². The lowest BCUT2D eigenvalue weighted by Crippen LogP contribution is -2.13. The van der Waals surface area contributed by atoms with Crippen molar-refractivity contribution in [3.63, 3.8) is 0 Å². The number of carbonyl (C=O) groups excluding carboxylic acids is 1. The fourth-order valence-corrected chi connectivity index (χ4v) is 3.86. The van der Waals surface area contributed by atoms with Gasteiger partial charge in [0.15, 0.2) is 0 Å². The van der Waals surface area contributed by atoms with Gasteiger partial charge in [-0.3, -0.25) is 9.78 Å². The van der Waals surface area contributed by atoms with Crippen LogP contribution in [0.25, 0.3) is 16.9 Å². The Bertz CT molecular complexity index is 1380. The zero-order valence-electron chi connectivity index (χ0n) is 17.8. The van der Waals surface area contributed by atoms with Crippen molar-refractivity contribution >= 4 is 29.0 Å². The largest absolute Gasteiger partial charge is 0.456 e. The first-order chi connectivity index (χ1) is 16.2. The number of ether oxygens (including phenoxy) is 1. The summed E-state index contributed by atoms with van der Waals surface area (Å²) in [6, 6.07) is 22.6. The lowest BCUT2D eigenvalue weighted by molar-refractivity contribution is 0.102. The Morgan fingerprint density at radius 3 is 2.58 bits per heavy atom. The minimum Gasteiger partial charge on any atom is -0.456 e. The summed E-state index contributed by atoms with van der Waals surface area (Å²) in [4.78, 5) is 22.7. The van der Waals surface area contributed by atoms with Crippen LogP contribution in [-0.4, -0.2) is 26.5 Å². The summed E-state index contributed by atoms with van der Waals surface area (Å²) in [5.41, 5.74) is 3.88. The lowest BCUT2D eigenvalue weighted by Gasteiger charge is -2.13. The van der Waals surface area contributed by atoms with Gasteiger partial charge in [-0.15, -0.1) is 11.8 Å². The summed E-state index contributed by atoms with van der Waals surface area (Å²) < 4.78 is 7.97. The van der Waals surface area contributed by atoms with E-state index in [1.54, 1.807) is 42.4 Å². The number of aromatic nitrogens is 3. The number of nitrogens with zero attached hydrogens (tertiary/aromatic N) is 3. The fraction of sp³-hybridized carbons (Fsp3) is 0.0385. The van der Waals surface area contributed by atoms with Crippen LogP contribution in [0.2, 0.25) is 0 Å². The molecular formula is C26H20N4O2S. The number of rotatable bonds is 6. The molecule has 0 spiro atoms. The van der Waals surface area contributed by atoms with Crippen molar-refractivity contribution in [2.24, 2.45) is 0 Å². The van der Waals surface area contributed by atoms with E-state index >= 15 is 0 Å². The van der Waals surface area contributed by atoms with E-state index in [1.165, 1.54) is 0 Å². The summed E-state index contributed by atoms with van der Waals surface area (Å²) in [5, 5.41) is 2.96. The zero-order valence-corrected chi connectivity index (χ0v) is 18.6. The number of carbonyl (C=O) groups is 1. The maximum Gasteiger partial charge on any atom is 0.259 e. The highest BCUT2D eigenvalue weighted by Crippen LogP contribution is 2.30. The molecule has 33 heavy (non-hydrogen) atoms. The minimum absolute atomic E-state index is 0.243. The van der Waals surface area contributed by atoms with E-state index in [0.29, 0.717) is 22.7 Å². The molecule has 0 saturated carbocycles. The van der Waals surface area contributed by atoms with Gasteiger partial charge >= 0.3 is 0 Å². The molecule has 0 bridgehead atoms. The molecule has 2 aromatic carbocycles. The number of hydrogen-bond donors (Lipinski definition) is 1. The third-order valence-electron chi connectivity index (χ3n) is 5.11. The van der Waals surface area contributed by atoms with Crippen LogP contribution in [0.1, 0.15) is 10.4 Å². The molecule has 0 unspecified atom stereocenters. The number of thioether (sulfide) groups is 1. The third kappa shape index (κ3) is 4.58. The van der Waals surface area contributed by atoms with Crippen LogP contribution in [0.3, 0.4) is 0 Å². The molecule has 1 amide bonds. The van der Waals surface area contributed by atoms with Crippen LogP contribution >= 0.6 is 11.8 Å². The Balaban J connectivity index is 1.37. The molecule has 5 rings (SSSR count). The van der Waals surface area contributed by atoms with Crippen molar-refractivity contribution in [1.29, 1.82) is 0 Å². The van der Waals surface area contributed by atoms with Gasteiger partial charge in [-0.2, -0.15) is 0 Å². The number of pyridine rings is 2. The van der Waals surface area contributed by atoms with E-state index in [4.69, 9.17) is 4.74 Å². The molecule has 0 aliphatic rings. The van der Waals surface area contributed by atoms with Crippen LogP contribution in [-0.2, 0) is 0 Å². The van der Waals surface area contributed by atoms with Crippen LogP contribution in [0, 0.1) is 0 Å². The number of fused-ring (bicyclic) bond motifs is 1. The summed E-state index contributed by atoms with van der Waals surface area (Å²) in [6.45, 7) is 0. The first-order valence-corrected chi connectivity index (χ1v) is 11.5. The molecule has 6 nitrogen and oxygen atoms in total. The van der Waals surface area contributed by atoms with Crippen molar-refractivity contribution in [3.05, 3.63) is 103 Å². The number of hydrogen-bond acceptors (Lipinski definition) is 5. The molecule has 0 aliphatic heterocycles. The van der Waals surface area contributed by atoms with Gasteiger partial charge in [0.2, 0.25) is 0 Å². The monoisotopic (exact) mass is 452 g/mol. The van der Waals surface area contributed by atoms with Gasteiger partial charge in [0.05, 0.1) is 11.3 Å². The van der Waals surface area contributed by atoms with Crippen molar-refractivity contribution in [1.82, 2.24) is 14.4 Å². The molecule has 0 aliphatic carbocycles. The van der Waals surface area contributed by atoms with Crippen molar-refractivity contribution in [2.75, 3.05) is 11.6 Å². The predicted octanol–water partition coefficient (Wildman–Crippen LogP) is 6.16. The molecule has 3 aromatic heterocycles. The zero-order chi connectivity index (χ0) is 22.6. The van der Waals surface area contributed by atoms with Crippen molar-refractivity contribution in [3.8, 4) is 22.8 Å². The Kier molecular flexibility index (Phi) is 5.78. The average molecular weight is 453 g/mol. The quantitative estimate of drug-likeness (QED) is 0.312. The number of nitrogens with one attached hydrogen (secondary N) is 1. The van der Waals surface area contributed by atoms with E-state index in [9.17, 15) is 4.79 Å². The standard InChI is InChI=1S/C26H20N4O2S/c1-33-21-9-10-22(24(16-21)32-20-11-13-27-14-12-20)26(31)28-19-7-5-18(6-8-19)23-17-30-15-3-2-4-25(30)29-23/h2-17H,1H3,(H,28,31). The number of imidazole rings is 1. The minimum atomic E-state index is -0.243. The van der Waals surface area contributed by atoms with E-state index in [1.807, 2.05) is 77.6 Å². The van der Waals surface area contributed by atoms with Gasteiger partial charge in [0.25, 0.3) is 5.91 Å². The predicted molar refractivity (Wildman–Crippen MR) is 131 cm³/mol. The second-order valence-corrected chi connectivity index (χ2v) is 8.15. The topological polar surface area (TPSA) is 68.5 Å². The molecule has 162 valence electrons. The van der Waals surface area contributed by atoms with Crippen LogP contribution in [0.15, 0.2) is 102 Å². The molecule has 0 radical (unpaired) electrons. The van der Waals surface area contributed by atoms with Crippen molar-refractivity contribution < 1.29 is 9.53 Å². The third-order valence-corrected chi connectivity index (χ3v) is 5.84. The first-order valence-electron chi connectivity index (χ1n) is 10.3. The van der Waals surface area contributed by atoms with E-state index in [2.05, 4.69) is 15.3 Å². The van der Waals surface area contributed by atoms with E-state index in [-0.39, 0.29) is 5.91 Å². The van der Waals surface area contributed by atoms with Gasteiger partial charge in [0, 0.05) is 40.9 Å². The molecule has 7 heteroatoms. The van der Waals surface area contributed by atoms with E-state index in [0.717, 1.165) is 21.8 Å². The fourth-order valence-electron chi connectivity index (χ4n) is 3.43. The number of benzene rings is 2. The average Bonchev–Trinajstić information content (AvgIpc) is 3.29. The summed E-state index contributed by atoms with van der Waals surface area (Å²) >= 11 is 1.59. The molecular weight excluding hydrogens is 432 g/mol. The molecule has 1 N–H and O–H groups in total. The van der Waals surface area contributed by atoms with Crippen LogP contribution in [0.5, 0.6) is 11.5 Å². The molecule has 0 fully saturated rings. The van der Waals surface area contributed by atoms with Gasteiger partial charge in [-0.25, -0.2) is 4.98 Å². The highest BCUT2D eigenvalue weighted by atomic mass is 32.2. The van der Waals surface area contributed by atoms with Crippen LogP contribution in [0.4, 0.5) is 5.69 Å². The maximum absolute atomic E-state index is 13.1. The summed E-state index contributed by atoms with van der Waals surface area (Å²) in [5.74, 6) is 0.869. The van der Waals surface area contributed by atoms with Gasteiger partial charge in [0.1, 0.15) is 17.1 Å². The Morgan fingerprint density at radius 1 is 1.00 bits per heavy atom. The second-order valence-electron chi connectivity index (χ2n) is 7.27. The molecule has 0 atom stereocenters. The second kappa shape index (κ2) is 9.18. The summed E-state index contributed by atoms with van der Waals surface area (Å²) in [6.07, 6.45) is 9.24. The number of anilines is 1. The lowest BCUT2D eigenvalue weighted by atomic mass is 10.1. The van der Waals surface area contributed by atoms with Gasteiger partial charge in [-0.1, -0.05) is 18.2 Å².